The molecular formula is C16H19F3N6O. The van der Waals surface area contributed by atoms with Crippen LogP contribution in [0.4, 0.5) is 13.2 Å². The van der Waals surface area contributed by atoms with E-state index in [2.05, 4.69) is 31.7 Å². The van der Waals surface area contributed by atoms with E-state index < -0.39 is 17.8 Å². The summed E-state index contributed by atoms with van der Waals surface area (Å²) in [5.74, 6) is 0.957. The summed E-state index contributed by atoms with van der Waals surface area (Å²) in [7, 11) is 0. The molecule has 1 atom stereocenters. The van der Waals surface area contributed by atoms with Crippen LogP contribution in [-0.4, -0.2) is 32.5 Å². The number of aromatic nitrogens is 3. The van der Waals surface area contributed by atoms with Crippen LogP contribution in [0.3, 0.4) is 0 Å². The molecular weight excluding hydrogens is 349 g/mol. The minimum absolute atomic E-state index is 0.0146. The Bertz CT molecular complexity index is 742. The quantitative estimate of drug-likeness (QED) is 0.751. The van der Waals surface area contributed by atoms with Gasteiger partial charge in [0.2, 0.25) is 5.91 Å². The van der Waals surface area contributed by atoms with E-state index in [0.717, 1.165) is 0 Å². The second-order valence-electron chi connectivity index (χ2n) is 6.53. The summed E-state index contributed by atoms with van der Waals surface area (Å²) < 4.78 is 40.7. The number of rotatable bonds is 7. The molecule has 0 saturated heterocycles. The molecule has 0 saturated carbocycles. The predicted molar refractivity (Wildman–Crippen MR) is 84.8 cm³/mol. The lowest BCUT2D eigenvalue weighted by Gasteiger charge is -2.25. The van der Waals surface area contributed by atoms with Gasteiger partial charge in [0.05, 0.1) is 6.54 Å². The number of nitrogens with zero attached hydrogens (tertiary/aromatic N) is 5. The number of terminal acetylenes is 1. The lowest BCUT2D eigenvalue weighted by molar-refractivity contribution is -0.156. The fourth-order valence-corrected chi connectivity index (χ4v) is 3.12. The number of carbonyl (C=O) groups excluding carboxylic acids is 1. The van der Waals surface area contributed by atoms with Crippen molar-refractivity contribution in [2.75, 3.05) is 0 Å². The smallest absolute Gasteiger partial charge is 0.349 e. The first-order chi connectivity index (χ1) is 12.3. The van der Waals surface area contributed by atoms with Crippen LogP contribution in [0.1, 0.15) is 56.1 Å². The lowest BCUT2D eigenvalue weighted by Crippen LogP contribution is -2.30. The number of amides is 1. The Balaban J connectivity index is 1.52. The first kappa shape index (κ1) is 18.4. The molecule has 2 aliphatic rings. The number of halogens is 3. The predicted octanol–water partition coefficient (Wildman–Crippen LogP) is 2.69. The van der Waals surface area contributed by atoms with Gasteiger partial charge in [0.1, 0.15) is 11.7 Å². The normalized spacial score (nSPS) is 20.3. The van der Waals surface area contributed by atoms with Gasteiger partial charge in [-0.15, -0.1) is 22.5 Å². The van der Waals surface area contributed by atoms with Crippen LogP contribution in [0, 0.1) is 12.3 Å². The molecule has 1 aromatic rings. The van der Waals surface area contributed by atoms with E-state index in [0.29, 0.717) is 38.1 Å². The Labute approximate surface area is 148 Å². The van der Waals surface area contributed by atoms with Crippen LogP contribution >= 0.6 is 0 Å². The third kappa shape index (κ3) is 4.03. The Morgan fingerprint density at radius 3 is 2.77 bits per heavy atom. The molecule has 0 fully saturated rings. The molecule has 3 rings (SSSR count). The van der Waals surface area contributed by atoms with Crippen LogP contribution in [0.15, 0.2) is 10.2 Å². The molecule has 140 valence electrons. The maximum Gasteiger partial charge on any atom is 0.398 e. The second-order valence-corrected chi connectivity index (χ2v) is 6.53. The number of fused-ring (bicyclic) bond motifs is 1. The highest BCUT2D eigenvalue weighted by molar-refractivity contribution is 5.75. The van der Waals surface area contributed by atoms with Crippen molar-refractivity contribution in [3.63, 3.8) is 0 Å². The monoisotopic (exact) mass is 368 g/mol. The Kier molecular flexibility index (Phi) is 4.98. The zero-order valence-electron chi connectivity index (χ0n) is 14.1. The topological polar surface area (TPSA) is 84.5 Å². The van der Waals surface area contributed by atoms with E-state index in [1.54, 1.807) is 0 Å². The first-order valence-corrected chi connectivity index (χ1v) is 8.47. The molecule has 0 spiro atoms. The van der Waals surface area contributed by atoms with E-state index in [4.69, 9.17) is 6.42 Å². The standard InChI is InChI=1S/C16H19F3N6O/c1-2-3-7-15(23-24-15)8-6-13(26)20-10-12-21-22-14-11(16(17,18)19)5-4-9-25(12)14/h1,11H,3-10H2,(H,20,26). The van der Waals surface area contributed by atoms with Crippen molar-refractivity contribution < 1.29 is 18.0 Å². The van der Waals surface area contributed by atoms with Gasteiger partial charge in [-0.25, -0.2) is 0 Å². The number of carbonyl (C=O) groups is 1. The van der Waals surface area contributed by atoms with Gasteiger partial charge in [0.25, 0.3) is 0 Å². The maximum absolute atomic E-state index is 13.1. The Hall–Kier alpha value is -2.44. The van der Waals surface area contributed by atoms with Crippen LogP contribution in [0.2, 0.25) is 0 Å². The second kappa shape index (κ2) is 7.05. The van der Waals surface area contributed by atoms with Crippen molar-refractivity contribution in [2.24, 2.45) is 10.2 Å². The zero-order valence-corrected chi connectivity index (χ0v) is 14.1. The third-order valence-electron chi connectivity index (χ3n) is 4.69. The van der Waals surface area contributed by atoms with Crippen molar-refractivity contribution >= 4 is 5.91 Å². The zero-order chi connectivity index (χ0) is 18.8. The molecule has 1 N–H and O–H groups in total. The third-order valence-corrected chi connectivity index (χ3v) is 4.69. The summed E-state index contributed by atoms with van der Waals surface area (Å²) in [5, 5.41) is 18.1. The summed E-state index contributed by atoms with van der Waals surface area (Å²) in [6.07, 6.45) is 3.13. The molecule has 10 heteroatoms. The van der Waals surface area contributed by atoms with Gasteiger partial charge in [-0.05, 0) is 12.8 Å². The summed E-state index contributed by atoms with van der Waals surface area (Å²) in [6, 6.07) is 0. The van der Waals surface area contributed by atoms with Crippen molar-refractivity contribution in [3.8, 4) is 12.3 Å². The van der Waals surface area contributed by atoms with Crippen LogP contribution in [0.25, 0.3) is 0 Å². The van der Waals surface area contributed by atoms with Crippen molar-refractivity contribution in [1.82, 2.24) is 20.1 Å². The number of alkyl halides is 3. The molecule has 2 aliphatic heterocycles. The summed E-state index contributed by atoms with van der Waals surface area (Å²) in [6.45, 7) is 0.467. The van der Waals surface area contributed by atoms with E-state index in [9.17, 15) is 18.0 Å². The van der Waals surface area contributed by atoms with Gasteiger partial charge in [0, 0.05) is 32.2 Å². The van der Waals surface area contributed by atoms with Crippen molar-refractivity contribution in [3.05, 3.63) is 11.6 Å². The van der Waals surface area contributed by atoms with Gasteiger partial charge in [-0.1, -0.05) is 0 Å². The summed E-state index contributed by atoms with van der Waals surface area (Å²) in [4.78, 5) is 12.0. The summed E-state index contributed by atoms with van der Waals surface area (Å²) in [5.41, 5.74) is -0.530. The van der Waals surface area contributed by atoms with Gasteiger partial charge in [0.15, 0.2) is 11.5 Å². The van der Waals surface area contributed by atoms with E-state index >= 15 is 0 Å². The Morgan fingerprint density at radius 1 is 1.35 bits per heavy atom. The van der Waals surface area contributed by atoms with Gasteiger partial charge in [-0.2, -0.15) is 23.4 Å². The van der Waals surface area contributed by atoms with E-state index in [1.165, 1.54) is 4.57 Å². The van der Waals surface area contributed by atoms with Crippen molar-refractivity contribution in [1.29, 1.82) is 0 Å². The lowest BCUT2D eigenvalue weighted by atomic mass is 9.98. The first-order valence-electron chi connectivity index (χ1n) is 8.47. The average molecular weight is 368 g/mol. The molecule has 0 radical (unpaired) electrons. The van der Waals surface area contributed by atoms with E-state index in [1.807, 2.05) is 0 Å². The highest BCUT2D eigenvalue weighted by Gasteiger charge is 2.45. The van der Waals surface area contributed by atoms with E-state index in [-0.39, 0.29) is 31.1 Å². The van der Waals surface area contributed by atoms with Gasteiger partial charge in [-0.3, -0.25) is 4.79 Å². The van der Waals surface area contributed by atoms with Gasteiger partial charge >= 0.3 is 6.18 Å². The molecule has 0 aliphatic carbocycles. The molecule has 0 bridgehead atoms. The largest absolute Gasteiger partial charge is 0.398 e. The van der Waals surface area contributed by atoms with Crippen molar-refractivity contribution in [2.45, 2.75) is 69.4 Å². The molecule has 0 aromatic carbocycles. The minimum Gasteiger partial charge on any atom is -0.349 e. The highest BCUT2D eigenvalue weighted by Crippen LogP contribution is 2.40. The molecule has 1 amide bonds. The number of nitrogens with one attached hydrogen (secondary N) is 1. The molecule has 26 heavy (non-hydrogen) atoms. The number of hydrogen-bond acceptors (Lipinski definition) is 5. The van der Waals surface area contributed by atoms with Crippen LogP contribution < -0.4 is 5.32 Å². The molecule has 3 heterocycles. The number of hydrogen-bond donors (Lipinski definition) is 1. The highest BCUT2D eigenvalue weighted by atomic mass is 19.4. The Morgan fingerprint density at radius 2 is 2.12 bits per heavy atom. The van der Waals surface area contributed by atoms with Crippen LogP contribution in [-0.2, 0) is 17.9 Å². The van der Waals surface area contributed by atoms with Crippen LogP contribution in [0.5, 0.6) is 0 Å². The molecule has 1 aromatic heterocycles. The fourth-order valence-electron chi connectivity index (χ4n) is 3.12. The SMILES string of the molecule is C#CCCC1(CCC(=O)NCc2nnc3n2CCCC3C(F)(F)F)N=N1. The molecule has 7 nitrogen and oxygen atoms in total. The fraction of sp³-hybridized carbons (Fsp3) is 0.688. The molecule has 1 unspecified atom stereocenters. The minimum atomic E-state index is -4.34. The average Bonchev–Trinajstić information content (AvgIpc) is 3.26. The maximum atomic E-state index is 13.1. The van der Waals surface area contributed by atoms with Gasteiger partial charge < -0.3 is 9.88 Å². The summed E-state index contributed by atoms with van der Waals surface area (Å²) >= 11 is 0.